The highest BCUT2D eigenvalue weighted by Crippen LogP contribution is 2.15. The number of nitrogens with zero attached hydrogens (tertiary/aromatic N) is 8. The maximum atomic E-state index is 12.7. The maximum absolute atomic E-state index is 12.7. The Balaban J connectivity index is 1.54. The molecule has 1 atom stereocenters. The van der Waals surface area contributed by atoms with Gasteiger partial charge in [-0.3, -0.25) is 9.59 Å². The molecule has 0 saturated carbocycles. The maximum Gasteiger partial charge on any atom is 0.267 e. The Hall–Kier alpha value is -4.15. The zero-order chi connectivity index (χ0) is 21.3. The molecule has 30 heavy (non-hydrogen) atoms. The lowest BCUT2D eigenvalue weighted by molar-refractivity contribution is -0.119. The molecule has 3 aromatic heterocycles. The van der Waals surface area contributed by atoms with E-state index < -0.39 is 6.04 Å². The first-order valence-corrected chi connectivity index (χ1v) is 9.20. The molecule has 0 aliphatic rings. The summed E-state index contributed by atoms with van der Waals surface area (Å²) in [6.45, 7) is 5.39. The summed E-state index contributed by atoms with van der Waals surface area (Å²) < 4.78 is 4.28. The molecule has 0 unspecified atom stereocenters. The van der Waals surface area contributed by atoms with Crippen LogP contribution in [-0.2, 0) is 4.79 Å². The van der Waals surface area contributed by atoms with Gasteiger partial charge in [-0.1, -0.05) is 0 Å². The quantitative estimate of drug-likeness (QED) is 0.529. The Morgan fingerprint density at radius 3 is 2.47 bits per heavy atom. The molecule has 1 amide bonds. The molecule has 4 rings (SSSR count). The molecule has 11 nitrogen and oxygen atoms in total. The van der Waals surface area contributed by atoms with Crippen molar-refractivity contribution in [2.24, 2.45) is 0 Å². The predicted molar refractivity (Wildman–Crippen MR) is 108 cm³/mol. The van der Waals surface area contributed by atoms with Gasteiger partial charge in [0.15, 0.2) is 5.82 Å². The van der Waals surface area contributed by atoms with E-state index in [0.717, 1.165) is 21.8 Å². The number of hydrogen-bond donors (Lipinski definition) is 1. The molecular weight excluding hydrogens is 386 g/mol. The average molecular weight is 405 g/mol. The molecule has 0 fully saturated rings. The number of nitrogens with one attached hydrogen (secondary N) is 1. The normalized spacial score (nSPS) is 12.0. The van der Waals surface area contributed by atoms with Crippen molar-refractivity contribution in [2.45, 2.75) is 26.8 Å². The van der Waals surface area contributed by atoms with E-state index in [0.29, 0.717) is 11.5 Å². The summed E-state index contributed by atoms with van der Waals surface area (Å²) in [5, 5.41) is 22.5. The largest absolute Gasteiger partial charge is 0.324 e. The molecule has 3 heterocycles. The number of benzene rings is 1. The number of carbonyl (C=O) groups excluding carboxylic acids is 1. The molecule has 152 valence electrons. The minimum Gasteiger partial charge on any atom is -0.324 e. The van der Waals surface area contributed by atoms with Crippen molar-refractivity contribution in [1.29, 1.82) is 0 Å². The van der Waals surface area contributed by atoms with Crippen molar-refractivity contribution < 1.29 is 4.79 Å². The van der Waals surface area contributed by atoms with Crippen molar-refractivity contribution in [3.05, 3.63) is 70.5 Å². The molecule has 0 aliphatic heterocycles. The van der Waals surface area contributed by atoms with E-state index in [2.05, 4.69) is 31.0 Å². The minimum atomic E-state index is -0.825. The summed E-state index contributed by atoms with van der Waals surface area (Å²) in [6.07, 6.45) is 1.48. The topological polar surface area (TPSA) is 125 Å². The van der Waals surface area contributed by atoms with Gasteiger partial charge in [0.05, 0.1) is 11.4 Å². The van der Waals surface area contributed by atoms with Crippen LogP contribution in [0, 0.1) is 13.8 Å². The van der Waals surface area contributed by atoms with Gasteiger partial charge in [0.2, 0.25) is 5.91 Å². The van der Waals surface area contributed by atoms with E-state index in [4.69, 9.17) is 0 Å². The Morgan fingerprint density at radius 2 is 1.83 bits per heavy atom. The summed E-state index contributed by atoms with van der Waals surface area (Å²) in [4.78, 5) is 25.1. The molecule has 1 N–H and O–H groups in total. The third-order valence-electron chi connectivity index (χ3n) is 4.53. The van der Waals surface area contributed by atoms with E-state index in [-0.39, 0.29) is 11.5 Å². The second kappa shape index (κ2) is 7.70. The summed E-state index contributed by atoms with van der Waals surface area (Å²) >= 11 is 0. The number of rotatable bonds is 5. The standard InChI is InChI=1S/C19H19N9O2/c1-12-10-13(2)27(22-12)17-8-9-18(29)28(23-17)14(3)19(30)21-15-4-6-16(7-5-15)26-11-20-24-25-26/h4-11,14H,1-3H3,(H,21,30)/t14-/m1/s1. The van der Waals surface area contributed by atoms with Gasteiger partial charge in [-0.2, -0.15) is 5.10 Å². The molecule has 4 aromatic rings. The Morgan fingerprint density at radius 1 is 1.07 bits per heavy atom. The van der Waals surface area contributed by atoms with Gasteiger partial charge in [0, 0.05) is 17.4 Å². The van der Waals surface area contributed by atoms with E-state index in [1.807, 2.05) is 19.9 Å². The fraction of sp³-hybridized carbons (Fsp3) is 0.211. The van der Waals surface area contributed by atoms with E-state index >= 15 is 0 Å². The molecule has 1 aromatic carbocycles. The highest BCUT2D eigenvalue weighted by Gasteiger charge is 2.19. The number of anilines is 1. The molecule has 0 radical (unpaired) electrons. The van der Waals surface area contributed by atoms with Gasteiger partial charge in [-0.25, -0.2) is 14.0 Å². The third-order valence-corrected chi connectivity index (χ3v) is 4.53. The summed E-state index contributed by atoms with van der Waals surface area (Å²) in [7, 11) is 0. The van der Waals surface area contributed by atoms with Crippen molar-refractivity contribution in [1.82, 2.24) is 39.8 Å². The lowest BCUT2D eigenvalue weighted by Gasteiger charge is -2.15. The monoisotopic (exact) mass is 405 g/mol. The predicted octanol–water partition coefficient (Wildman–Crippen LogP) is 1.22. The van der Waals surface area contributed by atoms with Crippen molar-refractivity contribution in [3.63, 3.8) is 0 Å². The summed E-state index contributed by atoms with van der Waals surface area (Å²) in [5.41, 5.74) is 2.66. The second-order valence-corrected chi connectivity index (χ2v) is 6.78. The van der Waals surface area contributed by atoms with Crippen LogP contribution >= 0.6 is 0 Å². The highest BCUT2D eigenvalue weighted by molar-refractivity contribution is 5.93. The highest BCUT2D eigenvalue weighted by atomic mass is 16.2. The van der Waals surface area contributed by atoms with Crippen LogP contribution in [0.3, 0.4) is 0 Å². The van der Waals surface area contributed by atoms with Gasteiger partial charge >= 0.3 is 0 Å². The van der Waals surface area contributed by atoms with Crippen LogP contribution in [0.1, 0.15) is 24.4 Å². The van der Waals surface area contributed by atoms with Gasteiger partial charge in [0.1, 0.15) is 12.4 Å². The number of tetrazole rings is 1. The van der Waals surface area contributed by atoms with Crippen LogP contribution in [0.25, 0.3) is 11.5 Å². The van der Waals surface area contributed by atoms with E-state index in [1.54, 1.807) is 41.9 Å². The summed E-state index contributed by atoms with van der Waals surface area (Å²) in [5.74, 6) is 0.0935. The molecule has 0 spiro atoms. The lowest BCUT2D eigenvalue weighted by atomic mass is 10.2. The Bertz CT molecular complexity index is 1240. The molecule has 0 aliphatic carbocycles. The third kappa shape index (κ3) is 3.72. The molecule has 0 bridgehead atoms. The number of carbonyl (C=O) groups is 1. The van der Waals surface area contributed by atoms with Gasteiger partial charge in [-0.15, -0.1) is 10.2 Å². The SMILES string of the molecule is Cc1cc(C)n(-c2ccc(=O)n([C@H](C)C(=O)Nc3ccc(-n4cnnn4)cc3)n2)n1. The van der Waals surface area contributed by atoms with Crippen molar-refractivity contribution >= 4 is 11.6 Å². The van der Waals surface area contributed by atoms with E-state index in [1.165, 1.54) is 17.1 Å². The summed E-state index contributed by atoms with van der Waals surface area (Å²) in [6, 6.07) is 11.0. The first kappa shape index (κ1) is 19.2. The van der Waals surface area contributed by atoms with Crippen LogP contribution < -0.4 is 10.9 Å². The average Bonchev–Trinajstić information content (AvgIpc) is 3.38. The molecule has 0 saturated heterocycles. The van der Waals surface area contributed by atoms with E-state index in [9.17, 15) is 9.59 Å². The van der Waals surface area contributed by atoms with Crippen molar-refractivity contribution in [2.75, 3.05) is 5.32 Å². The van der Waals surface area contributed by atoms with Crippen LogP contribution in [0.2, 0.25) is 0 Å². The first-order chi connectivity index (χ1) is 14.4. The van der Waals surface area contributed by atoms with Gasteiger partial charge in [0.25, 0.3) is 5.56 Å². The molecule has 11 heteroatoms. The van der Waals surface area contributed by atoms with Crippen LogP contribution in [0.15, 0.2) is 53.6 Å². The number of hydrogen-bond acceptors (Lipinski definition) is 7. The zero-order valence-electron chi connectivity index (χ0n) is 16.6. The zero-order valence-corrected chi connectivity index (χ0v) is 16.6. The Kier molecular flexibility index (Phi) is 4.92. The molecular formula is C19H19N9O2. The Labute approximate surface area is 171 Å². The number of amides is 1. The minimum absolute atomic E-state index is 0.370. The van der Waals surface area contributed by atoms with Gasteiger partial charge < -0.3 is 5.32 Å². The van der Waals surface area contributed by atoms with Crippen molar-refractivity contribution in [3.8, 4) is 11.5 Å². The number of aryl methyl sites for hydroxylation is 2. The van der Waals surface area contributed by atoms with Crippen LogP contribution in [0.4, 0.5) is 5.69 Å². The fourth-order valence-corrected chi connectivity index (χ4v) is 3.00. The van der Waals surface area contributed by atoms with Gasteiger partial charge in [-0.05, 0) is 67.6 Å². The number of aromatic nitrogens is 8. The first-order valence-electron chi connectivity index (χ1n) is 9.20. The fourth-order valence-electron chi connectivity index (χ4n) is 3.00. The smallest absolute Gasteiger partial charge is 0.267 e. The lowest BCUT2D eigenvalue weighted by Crippen LogP contribution is -2.33. The second-order valence-electron chi connectivity index (χ2n) is 6.78. The van der Waals surface area contributed by atoms with Crippen LogP contribution in [-0.4, -0.2) is 45.7 Å². The van der Waals surface area contributed by atoms with Crippen LogP contribution in [0.5, 0.6) is 0 Å².